The van der Waals surface area contributed by atoms with Crippen LogP contribution in [0.2, 0.25) is 10.0 Å². The first-order valence-electron chi connectivity index (χ1n) is 15.9. The third kappa shape index (κ3) is 5.88. The van der Waals surface area contributed by atoms with E-state index in [-0.39, 0.29) is 29.6 Å². The molecule has 2 aliphatic heterocycles. The molecule has 0 aliphatic carbocycles. The number of fused-ring (bicyclic) bond motifs is 4. The molecular formula is C37H33Cl2FN4O5. The number of likely N-dealkylation sites (tertiary alicyclic amines) is 1. The van der Waals surface area contributed by atoms with E-state index in [0.717, 1.165) is 5.56 Å². The number of rotatable bonds is 8. The van der Waals surface area contributed by atoms with Gasteiger partial charge in [0.15, 0.2) is 0 Å². The van der Waals surface area contributed by atoms with Crippen molar-refractivity contribution in [1.29, 1.82) is 0 Å². The lowest BCUT2D eigenvalue weighted by Gasteiger charge is -2.40. The number of aromatic carboxylic acids is 1. The Labute approximate surface area is 292 Å². The molecule has 9 nitrogen and oxygen atoms in total. The topological polar surface area (TPSA) is 106 Å². The highest BCUT2D eigenvalue weighted by atomic mass is 35.5. The van der Waals surface area contributed by atoms with Gasteiger partial charge in [-0.3, -0.25) is 9.69 Å². The first kappa shape index (κ1) is 32.9. The second-order valence-corrected chi connectivity index (χ2v) is 13.4. The largest absolute Gasteiger partial charge is 0.494 e. The van der Waals surface area contributed by atoms with E-state index in [1.165, 1.54) is 18.2 Å². The zero-order valence-corrected chi connectivity index (χ0v) is 28.2. The van der Waals surface area contributed by atoms with Crippen LogP contribution in [0.5, 0.6) is 11.6 Å². The first-order valence-corrected chi connectivity index (χ1v) is 16.7. The quantitative estimate of drug-likeness (QED) is 0.171. The SMILES string of the molecule is CCOc1cccc(CN2[C@H]3COc4c5ccc(C(=O)O)cc5nn4C[C@H]3[C@H](c3cccc(Cl)c3F)[C@]2(C)C(=O)Nc2cccc(Cl)c2)c1. The Balaban J connectivity index is 1.40. The summed E-state index contributed by atoms with van der Waals surface area (Å²) in [6, 6.07) is 23.7. The number of carbonyl (C=O) groups excluding carboxylic acids is 1. The molecule has 5 aromatic rings. The highest BCUT2D eigenvalue weighted by Gasteiger charge is 2.62. The van der Waals surface area contributed by atoms with Gasteiger partial charge in [0.1, 0.15) is 23.7 Å². The predicted octanol–water partition coefficient (Wildman–Crippen LogP) is 7.65. The van der Waals surface area contributed by atoms with Gasteiger partial charge in [0.05, 0.1) is 34.1 Å². The van der Waals surface area contributed by atoms with Gasteiger partial charge in [-0.05, 0) is 79.6 Å². The number of carboxylic acids is 1. The van der Waals surface area contributed by atoms with Crippen LogP contribution < -0.4 is 14.8 Å². The highest BCUT2D eigenvalue weighted by molar-refractivity contribution is 6.31. The van der Waals surface area contributed by atoms with Crippen LogP contribution in [0.4, 0.5) is 10.1 Å². The van der Waals surface area contributed by atoms with E-state index in [1.807, 2.05) is 38.1 Å². The van der Waals surface area contributed by atoms with E-state index in [2.05, 4.69) is 10.2 Å². The lowest BCUT2D eigenvalue weighted by Crippen LogP contribution is -2.56. The first-order chi connectivity index (χ1) is 23.6. The van der Waals surface area contributed by atoms with E-state index in [9.17, 15) is 14.7 Å². The van der Waals surface area contributed by atoms with Crippen molar-refractivity contribution in [1.82, 2.24) is 14.7 Å². The number of halogens is 3. The van der Waals surface area contributed by atoms with Gasteiger partial charge in [0.25, 0.3) is 0 Å². The number of nitrogens with one attached hydrogen (secondary N) is 1. The smallest absolute Gasteiger partial charge is 0.335 e. The number of anilines is 1. The number of aromatic nitrogens is 2. The van der Waals surface area contributed by atoms with Gasteiger partial charge < -0.3 is 19.9 Å². The van der Waals surface area contributed by atoms with Crippen LogP contribution in [-0.2, 0) is 17.9 Å². The van der Waals surface area contributed by atoms with Gasteiger partial charge in [-0.1, -0.05) is 53.5 Å². The van der Waals surface area contributed by atoms with Gasteiger partial charge in [-0.25, -0.2) is 13.9 Å². The molecule has 3 heterocycles. The maximum Gasteiger partial charge on any atom is 0.335 e. The Hall–Kier alpha value is -4.64. The second-order valence-electron chi connectivity index (χ2n) is 12.5. The Kier molecular flexibility index (Phi) is 8.73. The molecule has 4 aromatic carbocycles. The number of benzene rings is 4. The molecule has 252 valence electrons. The third-order valence-corrected chi connectivity index (χ3v) is 10.2. The Morgan fingerprint density at radius 2 is 1.88 bits per heavy atom. The summed E-state index contributed by atoms with van der Waals surface area (Å²) in [6.07, 6.45) is 0. The van der Waals surface area contributed by atoms with E-state index in [1.54, 1.807) is 47.1 Å². The summed E-state index contributed by atoms with van der Waals surface area (Å²) in [4.78, 5) is 28.6. The molecule has 49 heavy (non-hydrogen) atoms. The molecule has 1 fully saturated rings. The van der Waals surface area contributed by atoms with Gasteiger partial charge in [0.2, 0.25) is 11.8 Å². The standard InChI is InChI=1S/C37H33Cl2FN4O5/c1-3-48-25-10-4-7-21(15-25)18-43-31-20-49-34-26-14-13-22(35(45)46)16-30(26)42-44(34)19-28(31)32(27-11-6-12-29(39)33(27)40)37(43,2)36(47)41-24-9-5-8-23(38)17-24/h4-17,28,31-32H,3,18-20H2,1-2H3,(H,41,47)(H,45,46)/t28-,31+,32+,37-/m1/s1. The van der Waals surface area contributed by atoms with Crippen molar-refractivity contribution in [3.8, 4) is 11.6 Å². The van der Waals surface area contributed by atoms with Crippen molar-refractivity contribution in [2.24, 2.45) is 5.92 Å². The average Bonchev–Trinajstić information content (AvgIpc) is 3.45. The molecule has 0 saturated carbocycles. The molecule has 1 saturated heterocycles. The molecule has 2 N–H and O–H groups in total. The molecule has 12 heteroatoms. The summed E-state index contributed by atoms with van der Waals surface area (Å²) in [7, 11) is 0. The summed E-state index contributed by atoms with van der Waals surface area (Å²) in [5.74, 6) is -1.99. The lowest BCUT2D eigenvalue weighted by molar-refractivity contribution is -0.127. The van der Waals surface area contributed by atoms with Crippen molar-refractivity contribution in [2.75, 3.05) is 18.5 Å². The van der Waals surface area contributed by atoms with Crippen LogP contribution in [-0.4, -0.2) is 56.5 Å². The molecule has 1 aromatic heterocycles. The van der Waals surface area contributed by atoms with Crippen LogP contribution in [0.15, 0.2) is 84.9 Å². The van der Waals surface area contributed by atoms with E-state index >= 15 is 4.39 Å². The number of hydrogen-bond donors (Lipinski definition) is 2. The summed E-state index contributed by atoms with van der Waals surface area (Å²) >= 11 is 12.7. The molecular weight excluding hydrogens is 670 g/mol. The molecule has 1 amide bonds. The van der Waals surface area contributed by atoms with Crippen LogP contribution in [0.25, 0.3) is 10.9 Å². The van der Waals surface area contributed by atoms with Crippen molar-refractivity contribution in [3.63, 3.8) is 0 Å². The highest BCUT2D eigenvalue weighted by Crippen LogP contribution is 2.53. The van der Waals surface area contributed by atoms with Crippen molar-refractivity contribution >= 4 is 51.7 Å². The monoisotopic (exact) mass is 702 g/mol. The normalized spacial score (nSPS) is 21.8. The van der Waals surface area contributed by atoms with Crippen molar-refractivity contribution in [3.05, 3.63) is 117 Å². The van der Waals surface area contributed by atoms with Crippen LogP contribution >= 0.6 is 23.2 Å². The summed E-state index contributed by atoms with van der Waals surface area (Å²) < 4.78 is 30.3. The summed E-state index contributed by atoms with van der Waals surface area (Å²) in [6.45, 7) is 4.96. The summed E-state index contributed by atoms with van der Waals surface area (Å²) in [5, 5.41) is 18.5. The van der Waals surface area contributed by atoms with Gasteiger partial charge >= 0.3 is 5.97 Å². The van der Waals surface area contributed by atoms with Crippen LogP contribution in [0.1, 0.15) is 41.3 Å². The number of carboxylic acid groups (broad SMARTS) is 1. The Morgan fingerprint density at radius 3 is 2.65 bits per heavy atom. The number of amides is 1. The summed E-state index contributed by atoms with van der Waals surface area (Å²) in [5.41, 5.74) is 0.902. The van der Waals surface area contributed by atoms with E-state index in [0.29, 0.717) is 52.0 Å². The molecule has 2 aliphatic rings. The Morgan fingerprint density at radius 1 is 1.08 bits per heavy atom. The molecule has 4 atom stereocenters. The number of nitrogens with zero attached hydrogens (tertiary/aromatic N) is 3. The minimum atomic E-state index is -1.35. The van der Waals surface area contributed by atoms with Crippen molar-refractivity contribution in [2.45, 2.75) is 44.4 Å². The molecule has 0 unspecified atom stereocenters. The fourth-order valence-electron chi connectivity index (χ4n) is 7.48. The van der Waals surface area contributed by atoms with Gasteiger partial charge in [-0.2, -0.15) is 5.10 Å². The van der Waals surface area contributed by atoms with Crippen LogP contribution in [0.3, 0.4) is 0 Å². The average molecular weight is 704 g/mol. The maximum atomic E-state index is 16.2. The molecule has 0 radical (unpaired) electrons. The lowest BCUT2D eigenvalue weighted by atomic mass is 9.74. The minimum Gasteiger partial charge on any atom is -0.494 e. The van der Waals surface area contributed by atoms with Gasteiger partial charge in [0, 0.05) is 35.6 Å². The van der Waals surface area contributed by atoms with Crippen molar-refractivity contribution < 1.29 is 28.6 Å². The number of ether oxygens (including phenoxy) is 2. The van der Waals surface area contributed by atoms with Gasteiger partial charge in [-0.15, -0.1) is 0 Å². The van der Waals surface area contributed by atoms with E-state index < -0.39 is 35.2 Å². The number of hydrogen-bond acceptors (Lipinski definition) is 6. The third-order valence-electron chi connectivity index (χ3n) is 9.66. The van der Waals surface area contributed by atoms with E-state index in [4.69, 9.17) is 37.8 Å². The Bertz CT molecular complexity index is 2090. The fourth-order valence-corrected chi connectivity index (χ4v) is 7.86. The molecule has 0 spiro atoms. The zero-order valence-electron chi connectivity index (χ0n) is 26.7. The minimum absolute atomic E-state index is 0.0499. The van der Waals surface area contributed by atoms with Crippen LogP contribution in [0, 0.1) is 11.7 Å². The predicted molar refractivity (Wildman–Crippen MR) is 185 cm³/mol. The molecule has 0 bridgehead atoms. The fraction of sp³-hybridized carbons (Fsp3) is 0.270. The molecule has 7 rings (SSSR count). The second kappa shape index (κ2) is 13.0. The maximum absolute atomic E-state index is 16.2. The number of carbonyl (C=O) groups is 2. The zero-order chi connectivity index (χ0) is 34.4.